The van der Waals surface area contributed by atoms with Crippen molar-refractivity contribution >= 4 is 11.6 Å². The van der Waals surface area contributed by atoms with Crippen LogP contribution in [-0.2, 0) is 4.74 Å². The van der Waals surface area contributed by atoms with Gasteiger partial charge >= 0.3 is 0 Å². The van der Waals surface area contributed by atoms with Crippen LogP contribution in [0.25, 0.3) is 0 Å². The summed E-state index contributed by atoms with van der Waals surface area (Å²) in [4.78, 5) is 14.3. The number of halogens is 1. The third-order valence-electron chi connectivity index (χ3n) is 5.72. The predicted octanol–water partition coefficient (Wildman–Crippen LogP) is 3.71. The molecule has 2 heterocycles. The summed E-state index contributed by atoms with van der Waals surface area (Å²) in [5, 5.41) is 3.52. The van der Waals surface area contributed by atoms with Crippen molar-refractivity contribution in [2.45, 2.75) is 30.9 Å². The molecule has 2 saturated heterocycles. The average molecular weight is 384 g/mol. The summed E-state index contributed by atoms with van der Waals surface area (Å²) in [5.41, 5.74) is 0.947. The van der Waals surface area contributed by atoms with Gasteiger partial charge in [0.05, 0.1) is 30.9 Å². The molecule has 5 nitrogen and oxygen atoms in total. The van der Waals surface area contributed by atoms with E-state index in [4.69, 9.17) is 9.47 Å². The molecule has 1 unspecified atom stereocenters. The number of benzene rings is 2. The van der Waals surface area contributed by atoms with E-state index in [1.807, 2.05) is 24.3 Å². The molecule has 4 rings (SSSR count). The predicted molar refractivity (Wildman–Crippen MR) is 105 cm³/mol. The van der Waals surface area contributed by atoms with Crippen LogP contribution in [0.15, 0.2) is 48.5 Å². The van der Waals surface area contributed by atoms with Crippen LogP contribution in [0.1, 0.15) is 29.6 Å². The minimum Gasteiger partial charge on any atom is -0.497 e. The topological polar surface area (TPSA) is 50.8 Å². The number of methoxy groups -OCH3 is 1. The number of piperidine rings is 1. The van der Waals surface area contributed by atoms with E-state index in [0.29, 0.717) is 19.7 Å². The fourth-order valence-electron chi connectivity index (χ4n) is 4.16. The van der Waals surface area contributed by atoms with Gasteiger partial charge in [0.15, 0.2) is 0 Å². The van der Waals surface area contributed by atoms with Crippen LogP contribution in [0.4, 0.5) is 10.1 Å². The van der Waals surface area contributed by atoms with Crippen LogP contribution in [0.5, 0.6) is 5.75 Å². The fourth-order valence-corrected chi connectivity index (χ4v) is 4.16. The maximum absolute atomic E-state index is 13.9. The van der Waals surface area contributed by atoms with Gasteiger partial charge in [-0.2, -0.15) is 0 Å². The number of rotatable bonds is 4. The van der Waals surface area contributed by atoms with Crippen LogP contribution >= 0.6 is 0 Å². The highest BCUT2D eigenvalue weighted by molar-refractivity contribution is 5.94. The summed E-state index contributed by atoms with van der Waals surface area (Å²) in [6.07, 6.45) is 2.43. The van der Waals surface area contributed by atoms with Gasteiger partial charge in [0.1, 0.15) is 11.6 Å². The van der Waals surface area contributed by atoms with E-state index in [0.717, 1.165) is 30.7 Å². The first-order chi connectivity index (χ1) is 13.6. The largest absolute Gasteiger partial charge is 0.497 e. The van der Waals surface area contributed by atoms with Crippen LogP contribution in [0.3, 0.4) is 0 Å². The smallest absolute Gasteiger partial charge is 0.256 e. The van der Waals surface area contributed by atoms with Gasteiger partial charge in [-0.05, 0) is 43.5 Å². The minimum atomic E-state index is -0.465. The number of anilines is 1. The highest BCUT2D eigenvalue weighted by Gasteiger charge is 2.43. The first-order valence-electron chi connectivity index (χ1n) is 9.67. The second-order valence-electron chi connectivity index (χ2n) is 7.54. The van der Waals surface area contributed by atoms with Gasteiger partial charge in [-0.25, -0.2) is 4.39 Å². The summed E-state index contributed by atoms with van der Waals surface area (Å²) in [5.74, 6) is 0.114. The summed E-state index contributed by atoms with van der Waals surface area (Å²) >= 11 is 0. The summed E-state index contributed by atoms with van der Waals surface area (Å²) in [6, 6.07) is 14.2. The number of likely N-dealkylation sites (tertiary alicyclic amines) is 1. The molecule has 2 aliphatic rings. The number of nitrogens with one attached hydrogen (secondary N) is 1. The maximum atomic E-state index is 13.9. The number of hydrogen-bond acceptors (Lipinski definition) is 4. The van der Waals surface area contributed by atoms with E-state index in [-0.39, 0.29) is 23.1 Å². The quantitative estimate of drug-likeness (QED) is 0.873. The van der Waals surface area contributed by atoms with Crippen molar-refractivity contribution in [1.29, 1.82) is 0 Å². The van der Waals surface area contributed by atoms with Crippen molar-refractivity contribution in [2.75, 3.05) is 32.1 Å². The Balaban J connectivity index is 1.34. The monoisotopic (exact) mass is 384 g/mol. The molecule has 148 valence electrons. The minimum absolute atomic E-state index is 0.142. The molecular formula is C22H25FN2O3. The molecule has 2 fully saturated rings. The molecule has 6 heteroatoms. The Bertz CT molecular complexity index is 849. The third-order valence-corrected chi connectivity index (χ3v) is 5.72. The summed E-state index contributed by atoms with van der Waals surface area (Å²) in [6.45, 7) is 1.80. The Morgan fingerprint density at radius 2 is 2.00 bits per heavy atom. The van der Waals surface area contributed by atoms with Gasteiger partial charge in [-0.15, -0.1) is 0 Å². The molecule has 1 N–H and O–H groups in total. The lowest BCUT2D eigenvalue weighted by molar-refractivity contribution is -0.0388. The van der Waals surface area contributed by atoms with E-state index < -0.39 is 5.82 Å². The molecule has 0 aromatic heterocycles. The van der Waals surface area contributed by atoms with Crippen molar-refractivity contribution in [3.8, 4) is 5.75 Å². The first kappa shape index (κ1) is 18.7. The van der Waals surface area contributed by atoms with Crippen molar-refractivity contribution in [2.24, 2.45) is 0 Å². The van der Waals surface area contributed by atoms with E-state index in [1.54, 1.807) is 30.2 Å². The van der Waals surface area contributed by atoms with Crippen molar-refractivity contribution < 1.29 is 18.7 Å². The Morgan fingerprint density at radius 3 is 2.75 bits per heavy atom. The molecular weight excluding hydrogens is 359 g/mol. The average Bonchev–Trinajstić information content (AvgIpc) is 3.10. The zero-order chi connectivity index (χ0) is 19.6. The van der Waals surface area contributed by atoms with Crippen LogP contribution < -0.4 is 10.1 Å². The second kappa shape index (κ2) is 7.80. The van der Waals surface area contributed by atoms with Gasteiger partial charge in [0, 0.05) is 24.8 Å². The number of nitrogens with zero attached hydrogens (tertiary/aromatic N) is 1. The maximum Gasteiger partial charge on any atom is 0.256 e. The van der Waals surface area contributed by atoms with E-state index >= 15 is 0 Å². The zero-order valence-corrected chi connectivity index (χ0v) is 16.0. The molecule has 1 amide bonds. The molecule has 0 aliphatic carbocycles. The molecule has 0 bridgehead atoms. The highest BCUT2D eigenvalue weighted by atomic mass is 19.1. The Hall–Kier alpha value is -2.60. The number of hydrogen-bond donors (Lipinski definition) is 1. The van der Waals surface area contributed by atoms with E-state index in [2.05, 4.69) is 5.32 Å². The first-order valence-corrected chi connectivity index (χ1v) is 9.67. The normalized spacial score (nSPS) is 20.9. The molecule has 2 aliphatic heterocycles. The van der Waals surface area contributed by atoms with Crippen LogP contribution in [-0.4, -0.2) is 49.3 Å². The lowest BCUT2D eigenvalue weighted by Crippen LogP contribution is -2.46. The van der Waals surface area contributed by atoms with E-state index in [9.17, 15) is 9.18 Å². The lowest BCUT2D eigenvalue weighted by Gasteiger charge is -2.38. The van der Waals surface area contributed by atoms with Gasteiger partial charge in [-0.3, -0.25) is 4.79 Å². The second-order valence-corrected chi connectivity index (χ2v) is 7.54. The Kier molecular flexibility index (Phi) is 5.22. The molecule has 28 heavy (non-hydrogen) atoms. The molecule has 0 radical (unpaired) electrons. The SMILES string of the molecule is COc1cccc(NC2COC3(CCN(C(=O)c4ccccc4F)CC3)C2)c1. The van der Waals surface area contributed by atoms with Crippen molar-refractivity contribution in [1.82, 2.24) is 4.90 Å². The number of carbonyl (C=O) groups is 1. The molecule has 0 saturated carbocycles. The summed E-state index contributed by atoms with van der Waals surface area (Å²) < 4.78 is 25.4. The van der Waals surface area contributed by atoms with E-state index in [1.165, 1.54) is 6.07 Å². The molecule has 2 aromatic rings. The Morgan fingerprint density at radius 1 is 1.21 bits per heavy atom. The van der Waals surface area contributed by atoms with Crippen molar-refractivity contribution in [3.05, 3.63) is 59.9 Å². The number of ether oxygens (including phenoxy) is 2. The molecule has 2 aromatic carbocycles. The highest BCUT2D eigenvalue weighted by Crippen LogP contribution is 2.37. The Labute approximate surface area is 164 Å². The molecule has 1 spiro atoms. The van der Waals surface area contributed by atoms with Crippen LogP contribution in [0.2, 0.25) is 0 Å². The fraction of sp³-hybridized carbons (Fsp3) is 0.409. The number of carbonyl (C=O) groups excluding carboxylic acids is 1. The van der Waals surface area contributed by atoms with Crippen LogP contribution in [0, 0.1) is 5.82 Å². The van der Waals surface area contributed by atoms with Crippen molar-refractivity contribution in [3.63, 3.8) is 0 Å². The summed E-state index contributed by atoms with van der Waals surface area (Å²) in [7, 11) is 1.66. The zero-order valence-electron chi connectivity index (χ0n) is 16.0. The number of amides is 1. The molecule has 1 atom stereocenters. The standard InChI is InChI=1S/C22H25FN2O3/c1-27-18-6-4-5-16(13-18)24-17-14-22(28-15-17)9-11-25(12-10-22)21(26)19-7-2-3-8-20(19)23/h2-8,13,17,24H,9-12,14-15H2,1H3. The lowest BCUT2D eigenvalue weighted by atomic mass is 9.87. The third kappa shape index (κ3) is 3.83. The van der Waals surface area contributed by atoms with Gasteiger partial charge < -0.3 is 19.7 Å². The van der Waals surface area contributed by atoms with Gasteiger partial charge in [-0.1, -0.05) is 18.2 Å². The van der Waals surface area contributed by atoms with Gasteiger partial charge in [0.25, 0.3) is 5.91 Å². The van der Waals surface area contributed by atoms with Gasteiger partial charge in [0.2, 0.25) is 0 Å².